The monoisotopic (exact) mass is 879 g/mol. The lowest BCUT2D eigenvalue weighted by Gasteiger charge is -2.39. The van der Waals surface area contributed by atoms with Gasteiger partial charge in [-0.25, -0.2) is 9.46 Å². The minimum Gasteiger partial charge on any atom is -0.497 e. The molecule has 0 saturated carbocycles. The Morgan fingerprint density at radius 3 is 2.06 bits per heavy atom. The van der Waals surface area contributed by atoms with Crippen LogP contribution in [0.3, 0.4) is 0 Å². The Balaban J connectivity index is 1.59. The van der Waals surface area contributed by atoms with Gasteiger partial charge in [-0.15, -0.1) is 0 Å². The van der Waals surface area contributed by atoms with Crippen LogP contribution < -0.4 is 26.0 Å². The number of H-pyrrole nitrogens is 1. The van der Waals surface area contributed by atoms with Gasteiger partial charge in [0.25, 0.3) is 14.1 Å². The van der Waals surface area contributed by atoms with Crippen LogP contribution in [0.4, 0.5) is 13.2 Å². The highest BCUT2D eigenvalue weighted by Gasteiger charge is 2.45. The summed E-state index contributed by atoms with van der Waals surface area (Å²) in [5.41, 5.74) is -0.978. The van der Waals surface area contributed by atoms with Gasteiger partial charge in [-0.2, -0.15) is 18.4 Å². The molecule has 330 valence electrons. The quantitative estimate of drug-likeness (QED) is 0.0483. The third-order valence-corrected chi connectivity index (χ3v) is 12.0. The predicted octanol–water partition coefficient (Wildman–Crippen LogP) is 6.54. The molecule has 1 amide bonds. The molecule has 0 radical (unpaired) electrons. The van der Waals surface area contributed by atoms with Gasteiger partial charge in [0, 0.05) is 24.7 Å². The predicted molar refractivity (Wildman–Crippen MR) is 224 cm³/mol. The third kappa shape index (κ3) is 11.5. The van der Waals surface area contributed by atoms with Gasteiger partial charge in [0.15, 0.2) is 0 Å². The van der Waals surface area contributed by atoms with E-state index in [9.17, 15) is 32.8 Å². The molecule has 0 spiro atoms. The molecule has 2 N–H and O–H groups in total. The van der Waals surface area contributed by atoms with E-state index in [1.807, 2.05) is 107 Å². The standard InChI is InChI=1S/C44H49F3N5O9P/c1-29(2)52(30(3)4)62(59-25-11-23-48)61-37-26-39(51-27-31(40(53)50-42(51)55)12-10-24-49-41(54)44(45,46)47)60-38(37)28-58-43(32-13-8-7-9-14-32,33-15-19-35(56-5)20-16-33)34-17-21-36(57-6)22-18-34/h7-9,13-22,27,29-30,37-39H,11,24-26,28H2,1-6H3,(H,49,54)(H,50,53,55)/t37-,38+,39+,62?/m0/s1. The van der Waals surface area contributed by atoms with Gasteiger partial charge in [0.2, 0.25) is 0 Å². The fraction of sp³-hybridized carbons (Fsp3) is 0.409. The molecule has 18 heteroatoms. The van der Waals surface area contributed by atoms with E-state index in [2.05, 4.69) is 27.6 Å². The van der Waals surface area contributed by atoms with Crippen molar-refractivity contribution in [2.45, 2.75) is 82.8 Å². The minimum absolute atomic E-state index is 0.0440. The highest BCUT2D eigenvalue weighted by atomic mass is 31.2. The number of carbonyl (C=O) groups excluding carboxylic acids is 1. The topological polar surface area (TPSA) is 166 Å². The molecule has 1 aromatic heterocycles. The zero-order valence-corrected chi connectivity index (χ0v) is 36.0. The zero-order chi connectivity index (χ0) is 45.0. The Morgan fingerprint density at radius 2 is 1.53 bits per heavy atom. The van der Waals surface area contributed by atoms with Crippen molar-refractivity contribution >= 4 is 14.4 Å². The molecule has 62 heavy (non-hydrogen) atoms. The lowest BCUT2D eigenvalue weighted by molar-refractivity contribution is -0.173. The molecule has 1 aliphatic rings. The van der Waals surface area contributed by atoms with Crippen LogP contribution in [0, 0.1) is 23.2 Å². The number of methoxy groups -OCH3 is 2. The number of nitrogens with zero attached hydrogens (tertiary/aromatic N) is 3. The van der Waals surface area contributed by atoms with Gasteiger partial charge in [-0.3, -0.25) is 19.1 Å². The number of alkyl halides is 3. The van der Waals surface area contributed by atoms with Gasteiger partial charge in [-0.05, 0) is 68.7 Å². The molecule has 0 bridgehead atoms. The van der Waals surface area contributed by atoms with E-state index in [4.69, 9.17) is 28.0 Å². The first-order chi connectivity index (χ1) is 29.6. The zero-order valence-electron chi connectivity index (χ0n) is 35.1. The minimum atomic E-state index is -5.11. The number of halogens is 3. The second kappa shape index (κ2) is 21.5. The SMILES string of the molecule is COc1ccc(C(OC[C@H]2O[C@@H](n3cc(C#CCNC(=O)C(F)(F)F)c(=O)[nH]c3=O)C[C@@H]2OP(OCCC#N)N(C(C)C)C(C)C)(c2ccccc2)c2ccc(OC)cc2)cc1. The number of rotatable bonds is 18. The lowest BCUT2D eigenvalue weighted by atomic mass is 9.80. The number of benzene rings is 3. The van der Waals surface area contributed by atoms with Crippen LogP contribution in [0.1, 0.15) is 69.0 Å². The molecule has 0 aliphatic carbocycles. The second-order valence-electron chi connectivity index (χ2n) is 14.6. The molecular formula is C44H49F3N5O9P. The fourth-order valence-corrected chi connectivity index (χ4v) is 8.73. The molecule has 1 unspecified atom stereocenters. The van der Waals surface area contributed by atoms with Gasteiger partial charge in [-0.1, -0.05) is 66.4 Å². The maximum atomic E-state index is 13.4. The summed E-state index contributed by atoms with van der Waals surface area (Å²) in [7, 11) is 1.33. The number of carbonyl (C=O) groups is 1. The molecule has 3 aromatic carbocycles. The van der Waals surface area contributed by atoms with Crippen molar-refractivity contribution in [1.29, 1.82) is 5.26 Å². The van der Waals surface area contributed by atoms with Crippen LogP contribution >= 0.6 is 8.53 Å². The summed E-state index contributed by atoms with van der Waals surface area (Å²) in [4.78, 5) is 39.7. The van der Waals surface area contributed by atoms with Crippen LogP contribution in [-0.2, 0) is 28.9 Å². The molecule has 1 aliphatic heterocycles. The third-order valence-electron chi connectivity index (χ3n) is 9.80. The van der Waals surface area contributed by atoms with E-state index < -0.39 is 62.4 Å². The van der Waals surface area contributed by atoms with Crippen LogP contribution in [0.15, 0.2) is 94.6 Å². The summed E-state index contributed by atoms with van der Waals surface area (Å²) in [5, 5.41) is 11.0. The Bertz CT molecular complexity index is 2270. The Labute approximate surface area is 358 Å². The van der Waals surface area contributed by atoms with Crippen molar-refractivity contribution in [3.8, 4) is 29.4 Å². The average molecular weight is 880 g/mol. The summed E-state index contributed by atoms with van der Waals surface area (Å²) >= 11 is 0. The average Bonchev–Trinajstić information content (AvgIpc) is 3.65. The molecule has 1 fully saturated rings. The van der Waals surface area contributed by atoms with Crippen molar-refractivity contribution in [2.24, 2.45) is 0 Å². The normalized spacial score (nSPS) is 17.0. The van der Waals surface area contributed by atoms with E-state index in [0.717, 1.165) is 27.5 Å². The smallest absolute Gasteiger partial charge is 0.471 e. The van der Waals surface area contributed by atoms with Crippen LogP contribution in [0.2, 0.25) is 0 Å². The second-order valence-corrected chi connectivity index (χ2v) is 16.0. The number of hydrogen-bond acceptors (Lipinski definition) is 11. The number of hydrogen-bond donors (Lipinski definition) is 2. The van der Waals surface area contributed by atoms with Crippen molar-refractivity contribution in [1.82, 2.24) is 19.5 Å². The van der Waals surface area contributed by atoms with Crippen LogP contribution in [-0.4, -0.2) is 84.6 Å². The molecule has 5 rings (SSSR count). The van der Waals surface area contributed by atoms with Crippen molar-refractivity contribution in [2.75, 3.05) is 34.0 Å². The number of amides is 1. The number of nitriles is 1. The van der Waals surface area contributed by atoms with Gasteiger partial charge in [0.05, 0.1) is 52.6 Å². The molecular weight excluding hydrogens is 830 g/mol. The molecule has 4 atom stereocenters. The van der Waals surface area contributed by atoms with Crippen LogP contribution in [0.5, 0.6) is 11.5 Å². The molecule has 1 saturated heterocycles. The number of aromatic nitrogens is 2. The molecule has 14 nitrogen and oxygen atoms in total. The summed E-state index contributed by atoms with van der Waals surface area (Å²) in [6.07, 6.45) is -6.58. The highest BCUT2D eigenvalue weighted by molar-refractivity contribution is 7.44. The van der Waals surface area contributed by atoms with Gasteiger partial charge >= 0.3 is 17.8 Å². The van der Waals surface area contributed by atoms with Crippen molar-refractivity contribution in [3.63, 3.8) is 0 Å². The van der Waals surface area contributed by atoms with Gasteiger partial charge < -0.3 is 33.3 Å². The Hall–Kier alpha value is -5.52. The van der Waals surface area contributed by atoms with E-state index in [-0.39, 0.29) is 43.7 Å². The Morgan fingerprint density at radius 1 is 0.952 bits per heavy atom. The summed E-state index contributed by atoms with van der Waals surface area (Å²) in [5.74, 6) is 3.83. The van der Waals surface area contributed by atoms with Gasteiger partial charge in [0.1, 0.15) is 35.0 Å². The highest BCUT2D eigenvalue weighted by Crippen LogP contribution is 2.50. The largest absolute Gasteiger partial charge is 0.497 e. The maximum Gasteiger partial charge on any atom is 0.471 e. The first-order valence-corrected chi connectivity index (χ1v) is 20.8. The van der Waals surface area contributed by atoms with Crippen LogP contribution in [0.25, 0.3) is 0 Å². The van der Waals surface area contributed by atoms with E-state index in [0.29, 0.717) is 11.5 Å². The number of aromatic amines is 1. The van der Waals surface area contributed by atoms with E-state index >= 15 is 0 Å². The lowest BCUT2D eigenvalue weighted by Crippen LogP contribution is -2.39. The molecule has 2 heterocycles. The summed E-state index contributed by atoms with van der Waals surface area (Å²) < 4.78 is 79.2. The van der Waals surface area contributed by atoms with E-state index in [1.165, 1.54) is 0 Å². The van der Waals surface area contributed by atoms with E-state index in [1.54, 1.807) is 19.5 Å². The number of ether oxygens (including phenoxy) is 4. The Kier molecular flexibility index (Phi) is 16.5. The number of nitrogens with one attached hydrogen (secondary N) is 2. The van der Waals surface area contributed by atoms with Crippen molar-refractivity contribution < 1.29 is 46.0 Å². The summed E-state index contributed by atoms with van der Waals surface area (Å²) in [6.45, 7) is 7.24. The maximum absolute atomic E-state index is 13.4. The van der Waals surface area contributed by atoms with Crippen molar-refractivity contribution in [3.05, 3.63) is 128 Å². The molecule has 4 aromatic rings. The fourth-order valence-electron chi connectivity index (χ4n) is 6.98. The first-order valence-electron chi connectivity index (χ1n) is 19.7. The summed E-state index contributed by atoms with van der Waals surface area (Å²) in [6, 6.07) is 26.6. The first kappa shape index (κ1) is 47.5.